The molecule has 1 N–H and O–H groups in total. The van der Waals surface area contributed by atoms with Crippen molar-refractivity contribution in [2.45, 2.75) is 50.3 Å². The minimum absolute atomic E-state index is 0.489. The fourth-order valence-corrected chi connectivity index (χ4v) is 3.30. The second-order valence-corrected chi connectivity index (χ2v) is 5.51. The molecule has 2 aliphatic heterocycles. The number of aliphatic hydroxyl groups is 1. The number of aromatic nitrogens is 2. The van der Waals surface area contributed by atoms with E-state index in [1.54, 1.807) is 6.20 Å². The summed E-state index contributed by atoms with van der Waals surface area (Å²) in [7, 11) is 2.17. The van der Waals surface area contributed by atoms with Gasteiger partial charge in [0.15, 0.2) is 5.82 Å². The zero-order valence-corrected chi connectivity index (χ0v) is 10.4. The van der Waals surface area contributed by atoms with E-state index in [0.29, 0.717) is 17.9 Å². The standard InChI is InChI=1S/C13H19N3O/c1-9-5-6-14-12(15-9)13(17)7-10-3-4-11(8-13)16(10)2/h5-6,10-11,17H,3-4,7-8H2,1-2H3. The van der Waals surface area contributed by atoms with Gasteiger partial charge in [-0.05, 0) is 45.7 Å². The molecule has 0 radical (unpaired) electrons. The van der Waals surface area contributed by atoms with E-state index < -0.39 is 5.60 Å². The van der Waals surface area contributed by atoms with Crippen molar-refractivity contribution >= 4 is 0 Å². The van der Waals surface area contributed by atoms with Crippen LogP contribution in [0.3, 0.4) is 0 Å². The van der Waals surface area contributed by atoms with E-state index in [1.165, 1.54) is 12.8 Å². The third-order valence-corrected chi connectivity index (χ3v) is 4.34. The molecule has 4 nitrogen and oxygen atoms in total. The van der Waals surface area contributed by atoms with Gasteiger partial charge in [0.05, 0.1) is 0 Å². The highest BCUT2D eigenvalue weighted by Gasteiger charge is 2.48. The van der Waals surface area contributed by atoms with Crippen molar-refractivity contribution in [2.24, 2.45) is 0 Å². The normalized spacial score (nSPS) is 37.4. The van der Waals surface area contributed by atoms with Crippen molar-refractivity contribution in [3.05, 3.63) is 23.8 Å². The van der Waals surface area contributed by atoms with Gasteiger partial charge < -0.3 is 10.0 Å². The average Bonchev–Trinajstić information content (AvgIpc) is 2.53. The first-order valence-electron chi connectivity index (χ1n) is 6.33. The van der Waals surface area contributed by atoms with Gasteiger partial charge in [0.1, 0.15) is 5.60 Å². The smallest absolute Gasteiger partial charge is 0.160 e. The van der Waals surface area contributed by atoms with Crippen LogP contribution in [0.15, 0.2) is 12.3 Å². The van der Waals surface area contributed by atoms with Crippen molar-refractivity contribution in [3.8, 4) is 0 Å². The molecule has 17 heavy (non-hydrogen) atoms. The molecular formula is C13H19N3O. The van der Waals surface area contributed by atoms with Crippen LogP contribution in [0.2, 0.25) is 0 Å². The number of hydrogen-bond acceptors (Lipinski definition) is 4. The maximum atomic E-state index is 10.8. The molecule has 2 aliphatic rings. The molecule has 2 unspecified atom stereocenters. The van der Waals surface area contributed by atoms with Crippen LogP contribution >= 0.6 is 0 Å². The van der Waals surface area contributed by atoms with Gasteiger partial charge in [-0.25, -0.2) is 9.97 Å². The van der Waals surface area contributed by atoms with E-state index in [9.17, 15) is 5.11 Å². The number of aryl methyl sites for hydroxylation is 1. The first-order valence-corrected chi connectivity index (χ1v) is 6.33. The van der Waals surface area contributed by atoms with Gasteiger partial charge in [-0.2, -0.15) is 0 Å². The third kappa shape index (κ3) is 1.76. The number of fused-ring (bicyclic) bond motifs is 2. The van der Waals surface area contributed by atoms with E-state index in [2.05, 4.69) is 21.9 Å². The van der Waals surface area contributed by atoms with Gasteiger partial charge in [0.25, 0.3) is 0 Å². The van der Waals surface area contributed by atoms with E-state index in [-0.39, 0.29) is 0 Å². The molecule has 0 aliphatic carbocycles. The van der Waals surface area contributed by atoms with Crippen LogP contribution in [-0.4, -0.2) is 39.1 Å². The summed E-state index contributed by atoms with van der Waals surface area (Å²) in [6.07, 6.45) is 5.66. The summed E-state index contributed by atoms with van der Waals surface area (Å²) in [5.41, 5.74) is 0.111. The molecule has 3 heterocycles. The Labute approximate surface area is 102 Å². The lowest BCUT2D eigenvalue weighted by Crippen LogP contribution is -2.48. The maximum absolute atomic E-state index is 10.8. The summed E-state index contributed by atoms with van der Waals surface area (Å²) in [5.74, 6) is 0.613. The number of hydrogen-bond donors (Lipinski definition) is 1. The van der Waals surface area contributed by atoms with Crippen molar-refractivity contribution < 1.29 is 5.11 Å². The largest absolute Gasteiger partial charge is 0.382 e. The van der Waals surface area contributed by atoms with Gasteiger partial charge in [-0.1, -0.05) is 0 Å². The maximum Gasteiger partial charge on any atom is 0.160 e. The summed E-state index contributed by atoms with van der Waals surface area (Å²) < 4.78 is 0. The van der Waals surface area contributed by atoms with Gasteiger partial charge in [-0.3, -0.25) is 0 Å². The number of nitrogens with zero attached hydrogens (tertiary/aromatic N) is 3. The summed E-state index contributed by atoms with van der Waals surface area (Å²) in [6.45, 7) is 1.94. The predicted octanol–water partition coefficient (Wildman–Crippen LogP) is 1.23. The molecular weight excluding hydrogens is 214 g/mol. The van der Waals surface area contributed by atoms with Gasteiger partial charge in [0.2, 0.25) is 0 Å². The minimum atomic E-state index is -0.815. The highest BCUT2D eigenvalue weighted by molar-refractivity contribution is 5.12. The van der Waals surface area contributed by atoms with Crippen LogP contribution in [0, 0.1) is 6.92 Å². The van der Waals surface area contributed by atoms with Crippen LogP contribution in [0.4, 0.5) is 0 Å². The van der Waals surface area contributed by atoms with E-state index in [0.717, 1.165) is 18.5 Å². The Morgan fingerprint density at radius 1 is 1.35 bits per heavy atom. The average molecular weight is 233 g/mol. The molecule has 92 valence electrons. The van der Waals surface area contributed by atoms with Gasteiger partial charge in [-0.15, -0.1) is 0 Å². The van der Waals surface area contributed by atoms with E-state index in [1.807, 2.05) is 13.0 Å². The zero-order chi connectivity index (χ0) is 12.0. The van der Waals surface area contributed by atoms with Crippen LogP contribution in [0.25, 0.3) is 0 Å². The highest BCUT2D eigenvalue weighted by atomic mass is 16.3. The van der Waals surface area contributed by atoms with Crippen molar-refractivity contribution in [1.29, 1.82) is 0 Å². The number of rotatable bonds is 1. The first-order chi connectivity index (χ1) is 8.08. The molecule has 2 bridgehead atoms. The lowest BCUT2D eigenvalue weighted by molar-refractivity contribution is -0.0558. The SMILES string of the molecule is Cc1ccnc(C2(O)CC3CCC(C2)N3C)n1. The van der Waals surface area contributed by atoms with Crippen LogP contribution in [-0.2, 0) is 5.60 Å². The lowest BCUT2D eigenvalue weighted by Gasteiger charge is -2.41. The molecule has 0 spiro atoms. The fourth-order valence-electron chi connectivity index (χ4n) is 3.30. The Morgan fingerprint density at radius 2 is 2.00 bits per heavy atom. The molecule has 0 aromatic carbocycles. The molecule has 0 amide bonds. The van der Waals surface area contributed by atoms with E-state index >= 15 is 0 Å². The molecule has 2 saturated heterocycles. The molecule has 1 aromatic rings. The summed E-state index contributed by atoms with van der Waals surface area (Å²) >= 11 is 0. The fraction of sp³-hybridized carbons (Fsp3) is 0.692. The molecule has 2 atom stereocenters. The minimum Gasteiger partial charge on any atom is -0.382 e. The summed E-state index contributed by atoms with van der Waals surface area (Å²) in [6, 6.07) is 2.85. The van der Waals surface area contributed by atoms with Crippen molar-refractivity contribution in [3.63, 3.8) is 0 Å². The van der Waals surface area contributed by atoms with E-state index in [4.69, 9.17) is 0 Å². The molecule has 2 fully saturated rings. The monoisotopic (exact) mass is 233 g/mol. The Balaban J connectivity index is 1.93. The molecule has 1 aromatic heterocycles. The second kappa shape index (κ2) is 3.75. The Morgan fingerprint density at radius 3 is 2.59 bits per heavy atom. The second-order valence-electron chi connectivity index (χ2n) is 5.51. The molecule has 0 saturated carbocycles. The predicted molar refractivity (Wildman–Crippen MR) is 64.5 cm³/mol. The lowest BCUT2D eigenvalue weighted by atomic mass is 9.85. The quantitative estimate of drug-likeness (QED) is 0.792. The summed E-state index contributed by atoms with van der Waals surface area (Å²) in [5, 5.41) is 10.8. The van der Waals surface area contributed by atoms with Crippen LogP contribution in [0.1, 0.15) is 37.2 Å². The van der Waals surface area contributed by atoms with Crippen LogP contribution < -0.4 is 0 Å². The first kappa shape index (κ1) is 11.1. The molecule has 4 heteroatoms. The third-order valence-electron chi connectivity index (χ3n) is 4.34. The Kier molecular flexibility index (Phi) is 2.45. The zero-order valence-electron chi connectivity index (χ0n) is 10.4. The van der Waals surface area contributed by atoms with Crippen molar-refractivity contribution in [2.75, 3.05) is 7.05 Å². The topological polar surface area (TPSA) is 49.3 Å². The molecule has 3 rings (SSSR count). The Hall–Kier alpha value is -1.00. The summed E-state index contributed by atoms with van der Waals surface area (Å²) in [4.78, 5) is 11.1. The van der Waals surface area contributed by atoms with Gasteiger partial charge >= 0.3 is 0 Å². The van der Waals surface area contributed by atoms with Crippen molar-refractivity contribution in [1.82, 2.24) is 14.9 Å². The highest BCUT2D eigenvalue weighted by Crippen LogP contribution is 2.43. The van der Waals surface area contributed by atoms with Gasteiger partial charge in [0, 0.05) is 24.0 Å². The van der Waals surface area contributed by atoms with Crippen LogP contribution in [0.5, 0.6) is 0 Å². The Bertz CT molecular complexity index is 420. The number of piperidine rings is 1.